The van der Waals surface area contributed by atoms with E-state index in [1.807, 2.05) is 0 Å². The largest absolute Gasteiger partial charge is 0.336 e. The van der Waals surface area contributed by atoms with Crippen molar-refractivity contribution < 1.29 is 4.79 Å². The van der Waals surface area contributed by atoms with Crippen LogP contribution in [0.2, 0.25) is 0 Å². The second-order valence-electron chi connectivity index (χ2n) is 7.06. The summed E-state index contributed by atoms with van der Waals surface area (Å²) >= 11 is 0. The van der Waals surface area contributed by atoms with E-state index in [1.54, 1.807) is 0 Å². The topological polar surface area (TPSA) is 35.6 Å². The highest BCUT2D eigenvalue weighted by atomic mass is 35.5. The summed E-state index contributed by atoms with van der Waals surface area (Å²) in [6.07, 6.45) is 6.11. The molecule has 1 amide bonds. The molecule has 0 radical (unpaired) electrons. The summed E-state index contributed by atoms with van der Waals surface area (Å²) in [5.41, 5.74) is 0. The van der Waals surface area contributed by atoms with E-state index < -0.39 is 0 Å². The van der Waals surface area contributed by atoms with Crippen molar-refractivity contribution in [2.45, 2.75) is 64.1 Å². The Kier molecular flexibility index (Phi) is 5.92. The summed E-state index contributed by atoms with van der Waals surface area (Å²) in [7, 11) is 0. The number of hydrogen-bond donors (Lipinski definition) is 1. The van der Waals surface area contributed by atoms with Crippen molar-refractivity contribution in [1.82, 2.24) is 15.1 Å². The highest BCUT2D eigenvalue weighted by Gasteiger charge is 2.35. The van der Waals surface area contributed by atoms with Crippen molar-refractivity contribution >= 4 is 18.3 Å². The van der Waals surface area contributed by atoms with Gasteiger partial charge in [-0.25, -0.2) is 0 Å². The quantitative estimate of drug-likeness (QED) is 0.845. The fraction of sp³-hybridized carbons (Fsp3) is 0.938. The molecule has 0 aromatic carbocycles. The molecular formula is C16H30ClN3O. The number of fused-ring (bicyclic) bond motifs is 1. The van der Waals surface area contributed by atoms with Gasteiger partial charge in [0.1, 0.15) is 0 Å². The number of nitrogens with one attached hydrogen (secondary N) is 1. The van der Waals surface area contributed by atoms with Crippen LogP contribution in [0.3, 0.4) is 0 Å². The number of amides is 1. The normalized spacial score (nSPS) is 37.0. The van der Waals surface area contributed by atoms with Gasteiger partial charge in [0, 0.05) is 31.2 Å². The maximum atomic E-state index is 12.6. The molecule has 0 spiro atoms. The summed E-state index contributed by atoms with van der Waals surface area (Å²) in [5, 5.41) is 3.59. The zero-order chi connectivity index (χ0) is 14.1. The SMILES string of the molecule is CC1CCCC(C)N1C(=O)CN1CCC2NCCC2C1.Cl. The van der Waals surface area contributed by atoms with E-state index in [1.165, 1.54) is 32.1 Å². The maximum Gasteiger partial charge on any atom is 0.237 e. The van der Waals surface area contributed by atoms with Crippen LogP contribution in [0.1, 0.15) is 46.0 Å². The molecule has 3 aliphatic heterocycles. The molecule has 0 bridgehead atoms. The van der Waals surface area contributed by atoms with Crippen LogP contribution >= 0.6 is 12.4 Å². The van der Waals surface area contributed by atoms with E-state index >= 15 is 0 Å². The van der Waals surface area contributed by atoms with Crippen LogP contribution in [-0.2, 0) is 4.79 Å². The standard InChI is InChI=1S/C16H29N3O.ClH/c1-12-4-3-5-13(2)19(12)16(20)11-18-9-7-15-14(10-18)6-8-17-15;/h12-15,17H,3-11H2,1-2H3;1H. The number of halogens is 1. The van der Waals surface area contributed by atoms with Gasteiger partial charge >= 0.3 is 0 Å². The second-order valence-corrected chi connectivity index (χ2v) is 7.06. The minimum atomic E-state index is 0. The van der Waals surface area contributed by atoms with Gasteiger partial charge in [0.05, 0.1) is 6.54 Å². The number of carbonyl (C=O) groups is 1. The lowest BCUT2D eigenvalue weighted by atomic mass is 9.93. The van der Waals surface area contributed by atoms with Crippen LogP contribution in [0, 0.1) is 5.92 Å². The van der Waals surface area contributed by atoms with Crippen molar-refractivity contribution in [2.24, 2.45) is 5.92 Å². The summed E-state index contributed by atoms with van der Waals surface area (Å²) in [6, 6.07) is 1.57. The van der Waals surface area contributed by atoms with Crippen LogP contribution in [0.15, 0.2) is 0 Å². The Bertz CT molecular complexity index is 355. The number of carbonyl (C=O) groups excluding carboxylic acids is 1. The third-order valence-electron chi connectivity index (χ3n) is 5.58. The molecule has 3 rings (SSSR count). The average Bonchev–Trinajstić information content (AvgIpc) is 2.85. The smallest absolute Gasteiger partial charge is 0.237 e. The van der Waals surface area contributed by atoms with Crippen LogP contribution < -0.4 is 5.32 Å². The van der Waals surface area contributed by atoms with E-state index in [0.29, 0.717) is 30.6 Å². The van der Waals surface area contributed by atoms with Crippen molar-refractivity contribution in [1.29, 1.82) is 0 Å². The number of nitrogens with zero attached hydrogens (tertiary/aromatic N) is 2. The Labute approximate surface area is 135 Å². The predicted octanol–water partition coefficient (Wildman–Crippen LogP) is 1.88. The van der Waals surface area contributed by atoms with Crippen LogP contribution in [0.4, 0.5) is 0 Å². The zero-order valence-corrected chi connectivity index (χ0v) is 14.2. The van der Waals surface area contributed by atoms with E-state index in [2.05, 4.69) is 29.0 Å². The molecule has 3 fully saturated rings. The molecular weight excluding hydrogens is 286 g/mol. The first-order valence-corrected chi connectivity index (χ1v) is 8.42. The van der Waals surface area contributed by atoms with Gasteiger partial charge in [0.25, 0.3) is 0 Å². The molecule has 3 aliphatic rings. The van der Waals surface area contributed by atoms with E-state index in [9.17, 15) is 4.79 Å². The third kappa shape index (κ3) is 3.72. The number of likely N-dealkylation sites (tertiary alicyclic amines) is 2. The molecule has 0 aromatic heterocycles. The lowest BCUT2D eigenvalue weighted by molar-refractivity contribution is -0.139. The predicted molar refractivity (Wildman–Crippen MR) is 87.8 cm³/mol. The third-order valence-corrected chi connectivity index (χ3v) is 5.58. The first kappa shape index (κ1) is 17.0. The Morgan fingerprint density at radius 2 is 1.86 bits per heavy atom. The lowest BCUT2D eigenvalue weighted by Crippen LogP contribution is -2.53. The molecule has 3 heterocycles. The first-order valence-electron chi connectivity index (χ1n) is 8.42. The Balaban J connectivity index is 0.00000161. The van der Waals surface area contributed by atoms with E-state index in [0.717, 1.165) is 25.6 Å². The molecule has 4 unspecified atom stereocenters. The molecule has 5 heteroatoms. The Hall–Kier alpha value is -0.320. The molecule has 4 nitrogen and oxygen atoms in total. The van der Waals surface area contributed by atoms with Gasteiger partial charge in [-0.15, -0.1) is 12.4 Å². The molecule has 0 aliphatic carbocycles. The van der Waals surface area contributed by atoms with Gasteiger partial charge in [-0.3, -0.25) is 9.69 Å². The van der Waals surface area contributed by atoms with E-state index in [-0.39, 0.29) is 12.4 Å². The van der Waals surface area contributed by atoms with Gasteiger partial charge in [-0.2, -0.15) is 0 Å². The molecule has 0 aromatic rings. The number of rotatable bonds is 2. The summed E-state index contributed by atoms with van der Waals surface area (Å²) in [4.78, 5) is 17.2. The first-order chi connectivity index (χ1) is 9.65. The maximum absolute atomic E-state index is 12.6. The summed E-state index contributed by atoms with van der Waals surface area (Å²) < 4.78 is 0. The second kappa shape index (κ2) is 7.30. The van der Waals surface area contributed by atoms with E-state index in [4.69, 9.17) is 0 Å². The van der Waals surface area contributed by atoms with Crippen molar-refractivity contribution in [2.75, 3.05) is 26.2 Å². The monoisotopic (exact) mass is 315 g/mol. The van der Waals surface area contributed by atoms with Crippen molar-refractivity contribution in [3.63, 3.8) is 0 Å². The van der Waals surface area contributed by atoms with Crippen LogP contribution in [0.25, 0.3) is 0 Å². The van der Waals surface area contributed by atoms with Gasteiger partial charge in [-0.1, -0.05) is 0 Å². The Morgan fingerprint density at radius 3 is 2.57 bits per heavy atom. The highest BCUT2D eigenvalue weighted by molar-refractivity contribution is 5.85. The molecule has 1 N–H and O–H groups in total. The average molecular weight is 316 g/mol. The fourth-order valence-electron chi connectivity index (χ4n) is 4.45. The van der Waals surface area contributed by atoms with Crippen LogP contribution in [0.5, 0.6) is 0 Å². The number of piperidine rings is 2. The number of hydrogen-bond acceptors (Lipinski definition) is 3. The molecule has 0 saturated carbocycles. The minimum absolute atomic E-state index is 0. The Morgan fingerprint density at radius 1 is 1.14 bits per heavy atom. The fourth-order valence-corrected chi connectivity index (χ4v) is 4.45. The zero-order valence-electron chi connectivity index (χ0n) is 13.4. The molecule has 3 saturated heterocycles. The van der Waals surface area contributed by atoms with Gasteiger partial charge in [-0.05, 0) is 58.4 Å². The van der Waals surface area contributed by atoms with Crippen molar-refractivity contribution in [3.05, 3.63) is 0 Å². The highest BCUT2D eigenvalue weighted by Crippen LogP contribution is 2.26. The minimum Gasteiger partial charge on any atom is -0.336 e. The summed E-state index contributed by atoms with van der Waals surface area (Å²) in [6.45, 7) is 8.41. The van der Waals surface area contributed by atoms with Gasteiger partial charge in [0.15, 0.2) is 0 Å². The van der Waals surface area contributed by atoms with Crippen molar-refractivity contribution in [3.8, 4) is 0 Å². The van der Waals surface area contributed by atoms with Crippen LogP contribution in [-0.4, -0.2) is 60.0 Å². The molecule has 122 valence electrons. The molecule has 4 atom stereocenters. The summed E-state index contributed by atoms with van der Waals surface area (Å²) in [5.74, 6) is 1.13. The van der Waals surface area contributed by atoms with Gasteiger partial charge < -0.3 is 10.2 Å². The van der Waals surface area contributed by atoms with Gasteiger partial charge in [0.2, 0.25) is 5.91 Å². The lowest BCUT2D eigenvalue weighted by Gasteiger charge is -2.41. The molecule has 21 heavy (non-hydrogen) atoms.